The summed E-state index contributed by atoms with van der Waals surface area (Å²) >= 11 is 1.89. The van der Waals surface area contributed by atoms with Crippen molar-refractivity contribution in [1.29, 1.82) is 0 Å². The molecular formula is C8H7IO4. The number of rotatable bonds is 3. The van der Waals surface area contributed by atoms with Gasteiger partial charge in [0.2, 0.25) is 0 Å². The molecule has 0 saturated carbocycles. The molecule has 0 atom stereocenters. The van der Waals surface area contributed by atoms with Crippen molar-refractivity contribution >= 4 is 28.6 Å². The molecule has 1 aromatic rings. The van der Waals surface area contributed by atoms with Gasteiger partial charge in [-0.15, -0.1) is 0 Å². The summed E-state index contributed by atoms with van der Waals surface area (Å²) in [5, 5.41) is 9.22. The molecule has 0 fully saturated rings. The number of alkyl halides is 1. The average Bonchev–Trinajstić information content (AvgIpc) is 2.15. The molecule has 0 aliphatic heterocycles. The zero-order valence-electron chi connectivity index (χ0n) is 6.57. The highest BCUT2D eigenvalue weighted by molar-refractivity contribution is 14.1. The normalized spacial score (nSPS) is 9.62. The van der Waals surface area contributed by atoms with E-state index in [1.54, 1.807) is 12.1 Å². The maximum atomic E-state index is 11.1. The molecule has 0 spiro atoms. The van der Waals surface area contributed by atoms with Crippen molar-refractivity contribution in [2.45, 2.75) is 0 Å². The van der Waals surface area contributed by atoms with E-state index < -0.39 is 5.97 Å². The van der Waals surface area contributed by atoms with E-state index in [0.717, 1.165) is 0 Å². The fourth-order valence-electron chi connectivity index (χ4n) is 0.767. The molecule has 0 amide bonds. The molecule has 1 rings (SSSR count). The Morgan fingerprint density at radius 2 is 2.15 bits per heavy atom. The van der Waals surface area contributed by atoms with Gasteiger partial charge in [-0.05, 0) is 12.1 Å². The molecule has 5 heteroatoms. The summed E-state index contributed by atoms with van der Waals surface area (Å²) in [6.45, 7) is 0. The van der Waals surface area contributed by atoms with E-state index in [1.807, 2.05) is 22.6 Å². The van der Waals surface area contributed by atoms with E-state index >= 15 is 0 Å². The van der Waals surface area contributed by atoms with Crippen LogP contribution in [0.2, 0.25) is 0 Å². The summed E-state index contributed by atoms with van der Waals surface area (Å²) in [5.74, 6) is -0.820. The number of carbonyl (C=O) groups excluding carboxylic acids is 1. The Kier molecular flexibility index (Phi) is 3.97. The van der Waals surface area contributed by atoms with Gasteiger partial charge in [0.05, 0.1) is 0 Å². The highest BCUT2D eigenvalue weighted by Crippen LogP contribution is 2.16. The average molecular weight is 294 g/mol. The van der Waals surface area contributed by atoms with Gasteiger partial charge >= 0.3 is 5.97 Å². The standard InChI is InChI=1S/C8H7IO4/c9-5-12-13-8(11)6-3-1-2-4-7(6)10/h1-4,10H,5H2. The SMILES string of the molecule is O=C(OOCI)c1ccccc1O. The lowest BCUT2D eigenvalue weighted by atomic mass is 10.2. The van der Waals surface area contributed by atoms with Crippen LogP contribution in [-0.2, 0) is 9.78 Å². The van der Waals surface area contributed by atoms with Crippen LogP contribution in [0.1, 0.15) is 10.4 Å². The van der Waals surface area contributed by atoms with Crippen molar-refractivity contribution in [2.75, 3.05) is 4.61 Å². The first kappa shape index (κ1) is 10.3. The molecule has 4 nitrogen and oxygen atoms in total. The van der Waals surface area contributed by atoms with Gasteiger partial charge in [-0.3, -0.25) is 4.89 Å². The molecule has 0 unspecified atom stereocenters. The lowest BCUT2D eigenvalue weighted by Crippen LogP contribution is -2.05. The molecule has 1 N–H and O–H groups in total. The second kappa shape index (κ2) is 5.03. The van der Waals surface area contributed by atoms with Crippen LogP contribution in [0.4, 0.5) is 0 Å². The van der Waals surface area contributed by atoms with Crippen molar-refractivity contribution in [3.63, 3.8) is 0 Å². The summed E-state index contributed by atoms with van der Waals surface area (Å²) in [4.78, 5) is 19.9. The van der Waals surface area contributed by atoms with Crippen LogP contribution in [0.3, 0.4) is 0 Å². The van der Waals surface area contributed by atoms with Gasteiger partial charge in [0, 0.05) is 0 Å². The number of phenols is 1. The number of para-hydroxylation sites is 1. The largest absolute Gasteiger partial charge is 0.507 e. The van der Waals surface area contributed by atoms with Crippen molar-refractivity contribution in [3.05, 3.63) is 29.8 Å². The van der Waals surface area contributed by atoms with E-state index in [4.69, 9.17) is 0 Å². The molecule has 1 aromatic carbocycles. The van der Waals surface area contributed by atoms with E-state index in [2.05, 4.69) is 9.78 Å². The van der Waals surface area contributed by atoms with Crippen molar-refractivity contribution < 1.29 is 19.7 Å². The van der Waals surface area contributed by atoms with E-state index in [1.165, 1.54) is 12.1 Å². The maximum absolute atomic E-state index is 11.1. The van der Waals surface area contributed by atoms with Crippen LogP contribution >= 0.6 is 22.6 Å². The maximum Gasteiger partial charge on any atom is 0.376 e. The highest BCUT2D eigenvalue weighted by Gasteiger charge is 2.11. The Balaban J connectivity index is 2.71. The highest BCUT2D eigenvalue weighted by atomic mass is 127. The van der Waals surface area contributed by atoms with E-state index in [0.29, 0.717) is 0 Å². The Hall–Kier alpha value is -0.820. The molecule has 0 aliphatic rings. The summed E-state index contributed by atoms with van der Waals surface area (Å²) < 4.78 is 0.247. The number of halogens is 1. The molecule has 0 aromatic heterocycles. The third kappa shape index (κ3) is 2.85. The molecule has 0 heterocycles. The zero-order chi connectivity index (χ0) is 9.68. The van der Waals surface area contributed by atoms with E-state index in [9.17, 15) is 9.90 Å². The van der Waals surface area contributed by atoms with Gasteiger partial charge in [-0.2, -0.15) is 4.89 Å². The first-order chi connectivity index (χ1) is 6.25. The monoisotopic (exact) mass is 294 g/mol. The first-order valence-electron chi connectivity index (χ1n) is 3.43. The second-order valence-electron chi connectivity index (χ2n) is 2.11. The van der Waals surface area contributed by atoms with Crippen LogP contribution in [-0.4, -0.2) is 15.7 Å². The minimum absolute atomic E-state index is 0.0901. The summed E-state index contributed by atoms with van der Waals surface area (Å²) in [6.07, 6.45) is 0. The zero-order valence-corrected chi connectivity index (χ0v) is 8.72. The van der Waals surface area contributed by atoms with Crippen LogP contribution < -0.4 is 0 Å². The number of hydrogen-bond acceptors (Lipinski definition) is 4. The Morgan fingerprint density at radius 3 is 2.77 bits per heavy atom. The van der Waals surface area contributed by atoms with Crippen LogP contribution in [0, 0.1) is 0 Å². The van der Waals surface area contributed by atoms with Crippen LogP contribution in [0.15, 0.2) is 24.3 Å². The first-order valence-corrected chi connectivity index (χ1v) is 4.96. The lowest BCUT2D eigenvalue weighted by Gasteiger charge is -2.01. The predicted octanol–water partition coefficient (Wildman–Crippen LogP) is 1.87. The third-order valence-corrected chi connectivity index (χ3v) is 1.56. The molecule has 0 aliphatic carbocycles. The van der Waals surface area contributed by atoms with Crippen molar-refractivity contribution in [3.8, 4) is 5.75 Å². The molecular weight excluding hydrogens is 287 g/mol. The fraction of sp³-hybridized carbons (Fsp3) is 0.125. The number of aromatic hydroxyl groups is 1. The van der Waals surface area contributed by atoms with Crippen LogP contribution in [0.25, 0.3) is 0 Å². The number of carbonyl (C=O) groups is 1. The minimum atomic E-state index is -0.699. The Labute approximate surface area is 88.5 Å². The fourth-order valence-corrected chi connectivity index (χ4v) is 0.894. The number of benzene rings is 1. The van der Waals surface area contributed by atoms with Gasteiger partial charge in [-0.1, -0.05) is 34.7 Å². The second-order valence-corrected chi connectivity index (χ2v) is 2.74. The molecule has 13 heavy (non-hydrogen) atoms. The smallest absolute Gasteiger partial charge is 0.376 e. The molecule has 0 radical (unpaired) electrons. The van der Waals surface area contributed by atoms with Gasteiger partial charge in [0.15, 0.2) is 0 Å². The molecule has 0 saturated heterocycles. The number of phenolic OH excluding ortho intramolecular Hbond substituents is 1. The lowest BCUT2D eigenvalue weighted by molar-refractivity contribution is -0.219. The van der Waals surface area contributed by atoms with E-state index in [-0.39, 0.29) is 15.9 Å². The Morgan fingerprint density at radius 1 is 1.46 bits per heavy atom. The number of hydrogen-bond donors (Lipinski definition) is 1. The predicted molar refractivity (Wildman–Crippen MR) is 53.5 cm³/mol. The Bertz CT molecular complexity index is 300. The molecule has 70 valence electrons. The van der Waals surface area contributed by atoms with Crippen molar-refractivity contribution in [1.82, 2.24) is 0 Å². The van der Waals surface area contributed by atoms with Crippen LogP contribution in [0.5, 0.6) is 5.75 Å². The minimum Gasteiger partial charge on any atom is -0.507 e. The van der Waals surface area contributed by atoms with Crippen molar-refractivity contribution in [2.24, 2.45) is 0 Å². The quantitative estimate of drug-likeness (QED) is 0.400. The molecule has 0 bridgehead atoms. The summed E-state index contributed by atoms with van der Waals surface area (Å²) in [5.41, 5.74) is 0.0901. The summed E-state index contributed by atoms with van der Waals surface area (Å²) in [6, 6.07) is 6.10. The van der Waals surface area contributed by atoms with Gasteiger partial charge in [0.25, 0.3) is 0 Å². The third-order valence-electron chi connectivity index (χ3n) is 1.30. The summed E-state index contributed by atoms with van der Waals surface area (Å²) in [7, 11) is 0. The van der Waals surface area contributed by atoms with Gasteiger partial charge in [0.1, 0.15) is 15.9 Å². The van der Waals surface area contributed by atoms with Gasteiger partial charge < -0.3 is 5.11 Å². The topological polar surface area (TPSA) is 55.8 Å². The van der Waals surface area contributed by atoms with Gasteiger partial charge in [-0.25, -0.2) is 4.79 Å².